The highest BCUT2D eigenvalue weighted by Gasteiger charge is 2.20. The predicted molar refractivity (Wildman–Crippen MR) is 119 cm³/mol. The summed E-state index contributed by atoms with van der Waals surface area (Å²) in [5.74, 6) is 0.840. The molecule has 1 N–H and O–H groups in total. The van der Waals surface area contributed by atoms with Crippen molar-refractivity contribution in [3.05, 3.63) is 70.6 Å². The Balaban J connectivity index is 1.82. The van der Waals surface area contributed by atoms with E-state index in [2.05, 4.69) is 35.3 Å². The Morgan fingerprint density at radius 2 is 2.00 bits per heavy atom. The largest absolute Gasteiger partial charge is 0.345 e. The fourth-order valence-electron chi connectivity index (χ4n) is 3.19. The van der Waals surface area contributed by atoms with Crippen LogP contribution in [0.5, 0.6) is 0 Å². The van der Waals surface area contributed by atoms with Crippen LogP contribution in [-0.4, -0.2) is 26.4 Å². The molecule has 0 aliphatic heterocycles. The molecule has 1 amide bonds. The van der Waals surface area contributed by atoms with Crippen molar-refractivity contribution in [3.8, 4) is 5.69 Å². The summed E-state index contributed by atoms with van der Waals surface area (Å²) in [6.45, 7) is 6.12. The van der Waals surface area contributed by atoms with Gasteiger partial charge < -0.3 is 5.32 Å². The SMILES string of the molecule is CCCC(NC(=O)c1cnn(-c2ccc(Cl)cc2)c1C)c1ccnc(SCC)c1. The zero-order valence-electron chi connectivity index (χ0n) is 16.9. The highest BCUT2D eigenvalue weighted by Crippen LogP contribution is 2.24. The summed E-state index contributed by atoms with van der Waals surface area (Å²) in [4.78, 5) is 17.4. The van der Waals surface area contributed by atoms with E-state index in [0.717, 1.165) is 40.6 Å². The van der Waals surface area contributed by atoms with E-state index < -0.39 is 0 Å². The molecular formula is C22H25ClN4OS. The number of nitrogens with zero attached hydrogens (tertiary/aromatic N) is 3. The molecule has 1 aromatic carbocycles. The lowest BCUT2D eigenvalue weighted by Crippen LogP contribution is -2.29. The number of rotatable bonds is 8. The van der Waals surface area contributed by atoms with Crippen molar-refractivity contribution in [2.24, 2.45) is 0 Å². The second-order valence-corrected chi connectivity index (χ2v) is 8.43. The molecule has 7 heteroatoms. The van der Waals surface area contributed by atoms with Crippen molar-refractivity contribution in [1.82, 2.24) is 20.1 Å². The van der Waals surface area contributed by atoms with Crippen LogP contribution < -0.4 is 5.32 Å². The van der Waals surface area contributed by atoms with Crippen LogP contribution in [-0.2, 0) is 0 Å². The van der Waals surface area contributed by atoms with Crippen LogP contribution in [0.15, 0.2) is 53.8 Å². The van der Waals surface area contributed by atoms with Gasteiger partial charge in [-0.15, -0.1) is 11.8 Å². The summed E-state index contributed by atoms with van der Waals surface area (Å²) in [5.41, 5.74) is 3.30. The lowest BCUT2D eigenvalue weighted by molar-refractivity contribution is 0.0933. The number of carbonyl (C=O) groups excluding carboxylic acids is 1. The standard InChI is InChI=1S/C22H25ClN4OS/c1-4-6-20(16-11-12-24-21(13-16)29-5-2)26-22(28)19-14-25-27(15(19)3)18-9-7-17(23)8-10-18/h7-14,20H,4-6H2,1-3H3,(H,26,28). The fourth-order valence-corrected chi connectivity index (χ4v) is 3.97. The van der Waals surface area contributed by atoms with Crippen molar-refractivity contribution < 1.29 is 4.79 Å². The van der Waals surface area contributed by atoms with E-state index in [1.165, 1.54) is 0 Å². The Morgan fingerprint density at radius 1 is 1.24 bits per heavy atom. The van der Waals surface area contributed by atoms with Crippen LogP contribution >= 0.6 is 23.4 Å². The number of halogens is 1. The third-order valence-electron chi connectivity index (χ3n) is 4.66. The van der Waals surface area contributed by atoms with Gasteiger partial charge in [0.05, 0.1) is 34.2 Å². The molecular weight excluding hydrogens is 404 g/mol. The highest BCUT2D eigenvalue weighted by atomic mass is 35.5. The molecule has 0 saturated heterocycles. The van der Waals surface area contributed by atoms with E-state index in [9.17, 15) is 4.79 Å². The summed E-state index contributed by atoms with van der Waals surface area (Å²) in [7, 11) is 0. The lowest BCUT2D eigenvalue weighted by Gasteiger charge is -2.19. The van der Waals surface area contributed by atoms with Gasteiger partial charge in [-0.05, 0) is 61.1 Å². The minimum atomic E-state index is -0.123. The summed E-state index contributed by atoms with van der Waals surface area (Å²) in [6.07, 6.45) is 5.25. The van der Waals surface area contributed by atoms with E-state index in [1.807, 2.05) is 43.5 Å². The van der Waals surface area contributed by atoms with Crippen molar-refractivity contribution in [3.63, 3.8) is 0 Å². The molecule has 0 aliphatic rings. The Kier molecular flexibility index (Phi) is 7.34. The number of hydrogen-bond acceptors (Lipinski definition) is 4. The smallest absolute Gasteiger partial charge is 0.255 e. The first kappa shape index (κ1) is 21.4. The second kappa shape index (κ2) is 9.94. The van der Waals surface area contributed by atoms with Crippen LogP contribution in [0.1, 0.15) is 54.3 Å². The molecule has 152 valence electrons. The maximum Gasteiger partial charge on any atom is 0.255 e. The average molecular weight is 429 g/mol. The zero-order valence-corrected chi connectivity index (χ0v) is 18.4. The van der Waals surface area contributed by atoms with Gasteiger partial charge in [0, 0.05) is 11.2 Å². The molecule has 29 heavy (non-hydrogen) atoms. The third kappa shape index (κ3) is 5.19. The van der Waals surface area contributed by atoms with Gasteiger partial charge in [0.1, 0.15) is 0 Å². The first-order valence-electron chi connectivity index (χ1n) is 9.73. The van der Waals surface area contributed by atoms with Crippen LogP contribution in [0.2, 0.25) is 5.02 Å². The number of amides is 1. The molecule has 2 aromatic heterocycles. The molecule has 0 aliphatic carbocycles. The number of thioether (sulfide) groups is 1. The van der Waals surface area contributed by atoms with Crippen molar-refractivity contribution in [2.75, 3.05) is 5.75 Å². The molecule has 0 bridgehead atoms. The third-order valence-corrected chi connectivity index (χ3v) is 5.72. The molecule has 0 fully saturated rings. The van der Waals surface area contributed by atoms with Crippen molar-refractivity contribution in [2.45, 2.75) is 44.7 Å². The van der Waals surface area contributed by atoms with Crippen molar-refractivity contribution in [1.29, 1.82) is 0 Å². The Morgan fingerprint density at radius 3 is 2.69 bits per heavy atom. The topological polar surface area (TPSA) is 59.8 Å². The average Bonchev–Trinajstić information content (AvgIpc) is 3.10. The zero-order chi connectivity index (χ0) is 20.8. The molecule has 0 radical (unpaired) electrons. The van der Waals surface area contributed by atoms with Gasteiger partial charge in [-0.3, -0.25) is 4.79 Å². The Bertz CT molecular complexity index is 971. The predicted octanol–water partition coefficient (Wildman–Crippen LogP) is 5.61. The summed E-state index contributed by atoms with van der Waals surface area (Å²) >= 11 is 7.67. The quantitative estimate of drug-likeness (QED) is 0.473. The monoisotopic (exact) mass is 428 g/mol. The maximum atomic E-state index is 13.0. The number of aromatic nitrogens is 3. The maximum absolute atomic E-state index is 13.0. The van der Waals surface area contributed by atoms with Crippen LogP contribution in [0.3, 0.4) is 0 Å². The van der Waals surface area contributed by atoms with Gasteiger partial charge >= 0.3 is 0 Å². The molecule has 3 aromatic rings. The lowest BCUT2D eigenvalue weighted by atomic mass is 10.0. The van der Waals surface area contributed by atoms with Gasteiger partial charge in [-0.25, -0.2) is 9.67 Å². The number of hydrogen-bond donors (Lipinski definition) is 1. The van der Waals surface area contributed by atoms with E-state index in [4.69, 9.17) is 11.6 Å². The highest BCUT2D eigenvalue weighted by molar-refractivity contribution is 7.99. The summed E-state index contributed by atoms with van der Waals surface area (Å²) < 4.78 is 1.75. The Hall–Kier alpha value is -2.31. The molecule has 5 nitrogen and oxygen atoms in total. The normalized spacial score (nSPS) is 12.0. The van der Waals surface area contributed by atoms with Crippen molar-refractivity contribution >= 4 is 29.3 Å². The molecule has 1 unspecified atom stereocenters. The van der Waals surface area contributed by atoms with E-state index in [0.29, 0.717) is 10.6 Å². The van der Waals surface area contributed by atoms with Gasteiger partial charge in [-0.1, -0.05) is 31.9 Å². The van der Waals surface area contributed by atoms with Crippen LogP contribution in [0.4, 0.5) is 0 Å². The fraction of sp³-hybridized carbons (Fsp3) is 0.318. The van der Waals surface area contributed by atoms with Crippen LogP contribution in [0, 0.1) is 6.92 Å². The summed E-state index contributed by atoms with van der Waals surface area (Å²) in [6, 6.07) is 11.4. The minimum absolute atomic E-state index is 0.0648. The van der Waals surface area contributed by atoms with E-state index in [1.54, 1.807) is 22.6 Å². The molecule has 2 heterocycles. The molecule has 0 saturated carbocycles. The number of nitrogens with one attached hydrogen (secondary N) is 1. The summed E-state index contributed by atoms with van der Waals surface area (Å²) in [5, 5.41) is 9.23. The first-order valence-corrected chi connectivity index (χ1v) is 11.1. The number of carbonyl (C=O) groups is 1. The molecule has 0 spiro atoms. The number of benzene rings is 1. The van der Waals surface area contributed by atoms with E-state index in [-0.39, 0.29) is 11.9 Å². The second-order valence-electron chi connectivity index (χ2n) is 6.71. The molecule has 3 rings (SSSR count). The Labute approximate surface area is 180 Å². The van der Waals surface area contributed by atoms with Gasteiger partial charge in [0.25, 0.3) is 5.91 Å². The van der Waals surface area contributed by atoms with Crippen LogP contribution in [0.25, 0.3) is 5.69 Å². The van der Waals surface area contributed by atoms with Gasteiger partial charge in [-0.2, -0.15) is 5.10 Å². The van der Waals surface area contributed by atoms with Gasteiger partial charge in [0.15, 0.2) is 0 Å². The molecule has 1 atom stereocenters. The van der Waals surface area contributed by atoms with E-state index >= 15 is 0 Å². The minimum Gasteiger partial charge on any atom is -0.345 e. The first-order chi connectivity index (χ1) is 14.0. The van der Waals surface area contributed by atoms with Gasteiger partial charge in [0.2, 0.25) is 0 Å². The number of pyridine rings is 1.